The summed E-state index contributed by atoms with van der Waals surface area (Å²) in [5, 5.41) is 0. The van der Waals surface area contributed by atoms with Gasteiger partial charge in [-0.15, -0.1) is 0 Å². The molecule has 0 saturated heterocycles. The molecule has 0 aromatic heterocycles. The molecule has 0 amide bonds. The topological polar surface area (TPSA) is 86.7 Å². The number of aryl methyl sites for hydroxylation is 1. The van der Waals surface area contributed by atoms with Gasteiger partial charge in [-0.1, -0.05) is 80.1 Å². The maximum absolute atomic E-state index is 13.4. The van der Waals surface area contributed by atoms with E-state index in [9.17, 15) is 16.8 Å². The Bertz CT molecular complexity index is 2270. The van der Waals surface area contributed by atoms with Crippen molar-refractivity contribution in [1.29, 1.82) is 0 Å². The molecule has 6 rings (SSSR count). The lowest BCUT2D eigenvalue weighted by atomic mass is 9.78. The molecule has 248 valence electrons. The van der Waals surface area contributed by atoms with Crippen LogP contribution in [0, 0.1) is 6.92 Å². The van der Waals surface area contributed by atoms with Crippen molar-refractivity contribution in [2.45, 2.75) is 45.8 Å². The Morgan fingerprint density at radius 1 is 0.429 bits per heavy atom. The first-order valence-electron chi connectivity index (χ1n) is 15.7. The molecule has 6 nitrogen and oxygen atoms in total. The lowest BCUT2D eigenvalue weighted by molar-refractivity contribution is 0.414. The molecule has 0 heterocycles. The molecule has 0 aliphatic carbocycles. The molecule has 0 aliphatic heterocycles. The monoisotopic (exact) mass is 688 g/mol. The first-order chi connectivity index (χ1) is 23.4. The fraction of sp³-hybridized carbons (Fsp3) is 0.122. The second kappa shape index (κ2) is 13.4. The first-order valence-corrected chi connectivity index (χ1v) is 18.6. The van der Waals surface area contributed by atoms with Gasteiger partial charge in [-0.25, -0.2) is 16.8 Å². The summed E-state index contributed by atoms with van der Waals surface area (Å²) in [5.74, 6) is 1.97. The highest BCUT2D eigenvalue weighted by molar-refractivity contribution is 7.91. The predicted octanol–water partition coefficient (Wildman–Crippen LogP) is 9.45. The van der Waals surface area contributed by atoms with E-state index in [4.69, 9.17) is 9.47 Å². The number of benzene rings is 6. The van der Waals surface area contributed by atoms with E-state index >= 15 is 0 Å². The standard InChI is InChI=1S/C41H36O6S2/c1-29-5-21-37(22-6-29)48(42,43)38-23-7-30(8-24-38)31-9-25-39(26-10-31)49(44,45)40-27-19-36(20-28-40)47-35-17-13-33(14-18-35)41(2,3)32-11-15-34(46-4)16-12-32/h5-28H,1-4H3. The van der Waals surface area contributed by atoms with Crippen LogP contribution in [0.5, 0.6) is 17.2 Å². The summed E-state index contributed by atoms with van der Waals surface area (Å²) in [6.45, 7) is 6.23. The number of hydrogen-bond acceptors (Lipinski definition) is 6. The van der Waals surface area contributed by atoms with E-state index in [1.54, 1.807) is 92.0 Å². The Balaban J connectivity index is 1.12. The van der Waals surface area contributed by atoms with Crippen molar-refractivity contribution in [2.24, 2.45) is 0 Å². The van der Waals surface area contributed by atoms with Gasteiger partial charge in [0, 0.05) is 5.41 Å². The van der Waals surface area contributed by atoms with Crippen LogP contribution in [0.3, 0.4) is 0 Å². The summed E-state index contributed by atoms with van der Waals surface area (Å²) in [7, 11) is -5.77. The van der Waals surface area contributed by atoms with Gasteiger partial charge in [0.2, 0.25) is 19.7 Å². The third-order valence-corrected chi connectivity index (χ3v) is 12.3. The van der Waals surface area contributed by atoms with Gasteiger partial charge in [0.05, 0.1) is 26.7 Å². The van der Waals surface area contributed by atoms with Crippen LogP contribution in [0.4, 0.5) is 0 Å². The van der Waals surface area contributed by atoms with E-state index in [0.717, 1.165) is 33.6 Å². The molecule has 0 saturated carbocycles. The predicted molar refractivity (Wildman–Crippen MR) is 192 cm³/mol. The highest BCUT2D eigenvalue weighted by atomic mass is 32.2. The molecule has 49 heavy (non-hydrogen) atoms. The molecular weight excluding hydrogens is 653 g/mol. The molecule has 0 atom stereocenters. The lowest BCUT2D eigenvalue weighted by Crippen LogP contribution is -2.18. The highest BCUT2D eigenvalue weighted by Crippen LogP contribution is 2.35. The van der Waals surface area contributed by atoms with Crippen molar-refractivity contribution in [3.8, 4) is 28.4 Å². The van der Waals surface area contributed by atoms with Gasteiger partial charge >= 0.3 is 0 Å². The molecule has 6 aromatic carbocycles. The third kappa shape index (κ3) is 7.02. The number of methoxy groups -OCH3 is 1. The Morgan fingerprint density at radius 3 is 1.10 bits per heavy atom. The molecule has 0 N–H and O–H groups in total. The summed E-state index contributed by atoms with van der Waals surface area (Å²) < 4.78 is 64.2. The minimum Gasteiger partial charge on any atom is -0.497 e. The van der Waals surface area contributed by atoms with E-state index in [0.29, 0.717) is 11.5 Å². The maximum atomic E-state index is 13.4. The van der Waals surface area contributed by atoms with Crippen LogP contribution in [0.15, 0.2) is 165 Å². The van der Waals surface area contributed by atoms with Gasteiger partial charge in [-0.2, -0.15) is 0 Å². The first kappa shape index (κ1) is 33.7. The summed E-state index contributed by atoms with van der Waals surface area (Å²) in [4.78, 5) is 0.727. The Kier molecular flexibility index (Phi) is 9.20. The van der Waals surface area contributed by atoms with Gasteiger partial charge in [0.25, 0.3) is 0 Å². The summed E-state index contributed by atoms with van der Waals surface area (Å²) in [5.41, 5.74) is 4.57. The number of sulfone groups is 2. The molecule has 0 spiro atoms. The second-order valence-corrected chi connectivity index (χ2v) is 16.2. The SMILES string of the molecule is COc1ccc(C(C)(C)c2ccc(Oc3ccc(S(=O)(=O)c4ccc(-c5ccc(S(=O)(=O)c6ccc(C)cc6)cc5)cc4)cc3)cc2)cc1. The van der Waals surface area contributed by atoms with Crippen LogP contribution in [0.1, 0.15) is 30.5 Å². The van der Waals surface area contributed by atoms with Crippen molar-refractivity contribution in [2.75, 3.05) is 7.11 Å². The Hall–Kier alpha value is -5.18. The maximum Gasteiger partial charge on any atom is 0.206 e. The molecule has 6 aromatic rings. The molecule has 0 unspecified atom stereocenters. The zero-order valence-electron chi connectivity index (χ0n) is 27.6. The summed E-state index contributed by atoms with van der Waals surface area (Å²) in [6.07, 6.45) is 0. The minimum absolute atomic E-state index is 0.148. The van der Waals surface area contributed by atoms with Gasteiger partial charge in [0.1, 0.15) is 17.2 Å². The van der Waals surface area contributed by atoms with Gasteiger partial charge in [-0.3, -0.25) is 0 Å². The van der Waals surface area contributed by atoms with Crippen LogP contribution in [0.25, 0.3) is 11.1 Å². The molecule has 0 fully saturated rings. The molecule has 8 heteroatoms. The van der Waals surface area contributed by atoms with Crippen LogP contribution in [-0.2, 0) is 25.1 Å². The summed E-state index contributed by atoms with van der Waals surface area (Å²) >= 11 is 0. The summed E-state index contributed by atoms with van der Waals surface area (Å²) in [6, 6.07) is 42.1. The minimum atomic E-state index is -3.78. The molecule has 0 aliphatic rings. The Labute approximate surface area is 288 Å². The average Bonchev–Trinajstić information content (AvgIpc) is 3.12. The smallest absolute Gasteiger partial charge is 0.206 e. The van der Waals surface area contributed by atoms with E-state index in [2.05, 4.69) is 26.0 Å². The van der Waals surface area contributed by atoms with Gasteiger partial charge < -0.3 is 9.47 Å². The Morgan fingerprint density at radius 2 is 0.735 bits per heavy atom. The molecular formula is C41H36O6S2. The van der Waals surface area contributed by atoms with E-state index in [1.165, 1.54) is 12.1 Å². The highest BCUT2D eigenvalue weighted by Gasteiger charge is 2.23. The third-order valence-electron chi connectivity index (χ3n) is 8.75. The molecule has 0 radical (unpaired) electrons. The van der Waals surface area contributed by atoms with Crippen molar-refractivity contribution in [3.63, 3.8) is 0 Å². The fourth-order valence-corrected chi connectivity index (χ4v) is 8.10. The van der Waals surface area contributed by atoms with Crippen molar-refractivity contribution >= 4 is 19.7 Å². The van der Waals surface area contributed by atoms with Crippen molar-refractivity contribution < 1.29 is 26.3 Å². The van der Waals surface area contributed by atoms with Crippen molar-refractivity contribution in [3.05, 3.63) is 162 Å². The number of hydrogen-bond donors (Lipinski definition) is 0. The normalized spacial score (nSPS) is 12.0. The largest absolute Gasteiger partial charge is 0.497 e. The van der Waals surface area contributed by atoms with Crippen LogP contribution in [0.2, 0.25) is 0 Å². The van der Waals surface area contributed by atoms with Crippen LogP contribution >= 0.6 is 0 Å². The van der Waals surface area contributed by atoms with Crippen LogP contribution < -0.4 is 9.47 Å². The molecule has 0 bridgehead atoms. The zero-order valence-corrected chi connectivity index (χ0v) is 29.3. The quantitative estimate of drug-likeness (QED) is 0.143. The van der Waals surface area contributed by atoms with Gasteiger partial charge in [0.15, 0.2) is 0 Å². The van der Waals surface area contributed by atoms with E-state index in [1.807, 2.05) is 43.3 Å². The zero-order chi connectivity index (χ0) is 34.8. The van der Waals surface area contributed by atoms with Crippen molar-refractivity contribution in [1.82, 2.24) is 0 Å². The average molecular weight is 689 g/mol. The van der Waals surface area contributed by atoms with Gasteiger partial charge in [-0.05, 0) is 114 Å². The van der Waals surface area contributed by atoms with Crippen LogP contribution in [-0.4, -0.2) is 23.9 Å². The number of ether oxygens (including phenoxy) is 2. The van der Waals surface area contributed by atoms with E-state index in [-0.39, 0.29) is 25.0 Å². The fourth-order valence-electron chi connectivity index (χ4n) is 5.58. The van der Waals surface area contributed by atoms with E-state index < -0.39 is 19.7 Å². The number of rotatable bonds is 10. The lowest BCUT2D eigenvalue weighted by Gasteiger charge is -2.26. The second-order valence-electron chi connectivity index (χ2n) is 12.3.